The Morgan fingerprint density at radius 3 is 2.55 bits per heavy atom. The number of benzene rings is 1. The monoisotopic (exact) mass is 357 g/mol. The molecule has 1 N–H and O–H groups in total. The summed E-state index contributed by atoms with van der Waals surface area (Å²) in [7, 11) is 0. The topological polar surface area (TPSA) is 68.0 Å². The van der Waals surface area contributed by atoms with Gasteiger partial charge in [0.1, 0.15) is 5.82 Å². The van der Waals surface area contributed by atoms with E-state index in [-0.39, 0.29) is 11.2 Å². The van der Waals surface area contributed by atoms with Gasteiger partial charge in [-0.15, -0.1) is 5.10 Å². The van der Waals surface area contributed by atoms with Gasteiger partial charge >= 0.3 is 5.97 Å². The quantitative estimate of drug-likeness (QED) is 0.889. The Hall–Kier alpha value is -1.40. The van der Waals surface area contributed by atoms with Crippen LogP contribution in [0, 0.1) is 0 Å². The van der Waals surface area contributed by atoms with Gasteiger partial charge in [-0.05, 0) is 18.2 Å². The average molecular weight is 359 g/mol. The van der Waals surface area contributed by atoms with Crippen molar-refractivity contribution in [2.45, 2.75) is 26.2 Å². The largest absolute Gasteiger partial charge is 0.475 e. The first-order valence-electron chi connectivity index (χ1n) is 5.86. The normalized spacial score (nSPS) is 11.7. The van der Waals surface area contributed by atoms with Gasteiger partial charge < -0.3 is 5.11 Å². The van der Waals surface area contributed by atoms with Gasteiger partial charge in [0.25, 0.3) is 5.82 Å². The van der Waals surface area contributed by atoms with Crippen molar-refractivity contribution in [2.75, 3.05) is 0 Å². The lowest BCUT2D eigenvalue weighted by Gasteiger charge is -2.18. The van der Waals surface area contributed by atoms with E-state index in [1.54, 1.807) is 12.1 Å². The van der Waals surface area contributed by atoms with Crippen LogP contribution in [-0.2, 0) is 5.41 Å². The molecule has 0 amide bonds. The first kappa shape index (κ1) is 15.0. The van der Waals surface area contributed by atoms with Gasteiger partial charge in [0, 0.05) is 9.89 Å². The third-order valence-corrected chi connectivity index (χ3v) is 3.40. The number of carboxylic acids is 1. The Morgan fingerprint density at radius 1 is 1.40 bits per heavy atom. The highest BCUT2D eigenvalue weighted by Gasteiger charge is 2.26. The number of halogens is 2. The third kappa shape index (κ3) is 2.86. The number of hydrogen-bond donors (Lipinski definition) is 1. The maximum absolute atomic E-state index is 11.1. The molecular weight excluding hydrogens is 346 g/mol. The number of carboxylic acid groups (broad SMARTS) is 1. The van der Waals surface area contributed by atoms with Crippen LogP contribution < -0.4 is 0 Å². The standard InChI is InChI=1S/C13H13BrClN3O2/c1-13(2,3)12-16-10(11(19)20)17-18(12)9-5-4-7(14)6-8(9)15/h4-6H,1-3H3,(H,19,20). The van der Waals surface area contributed by atoms with Crippen LogP contribution in [0.4, 0.5) is 0 Å². The van der Waals surface area contributed by atoms with Crippen LogP contribution in [0.1, 0.15) is 37.2 Å². The van der Waals surface area contributed by atoms with Crippen LogP contribution in [-0.4, -0.2) is 25.8 Å². The van der Waals surface area contributed by atoms with Crippen molar-refractivity contribution < 1.29 is 9.90 Å². The Kier molecular flexibility index (Phi) is 3.88. The van der Waals surface area contributed by atoms with Crippen LogP contribution >= 0.6 is 27.5 Å². The van der Waals surface area contributed by atoms with E-state index in [1.807, 2.05) is 26.8 Å². The van der Waals surface area contributed by atoms with Gasteiger partial charge in [0.05, 0.1) is 10.7 Å². The fourth-order valence-corrected chi connectivity index (χ4v) is 2.46. The molecule has 2 aromatic rings. The minimum Gasteiger partial charge on any atom is -0.475 e. The molecule has 1 aromatic carbocycles. The number of aromatic carboxylic acids is 1. The minimum atomic E-state index is -1.16. The Labute approximate surface area is 129 Å². The molecule has 0 saturated carbocycles. The van der Waals surface area contributed by atoms with Crippen LogP contribution in [0.25, 0.3) is 5.69 Å². The van der Waals surface area contributed by atoms with Gasteiger partial charge in [-0.25, -0.2) is 14.5 Å². The molecule has 0 aliphatic carbocycles. The van der Waals surface area contributed by atoms with Crippen LogP contribution in [0.3, 0.4) is 0 Å². The average Bonchev–Trinajstić information content (AvgIpc) is 2.73. The maximum atomic E-state index is 11.1. The van der Waals surface area contributed by atoms with Crippen molar-refractivity contribution in [2.24, 2.45) is 0 Å². The molecule has 0 atom stereocenters. The summed E-state index contributed by atoms with van der Waals surface area (Å²) >= 11 is 9.54. The lowest BCUT2D eigenvalue weighted by atomic mass is 9.95. The molecule has 20 heavy (non-hydrogen) atoms. The molecule has 1 aromatic heterocycles. The summed E-state index contributed by atoms with van der Waals surface area (Å²) < 4.78 is 2.32. The van der Waals surface area contributed by atoms with Gasteiger partial charge in [0.15, 0.2) is 0 Å². The summed E-state index contributed by atoms with van der Waals surface area (Å²) in [5.41, 5.74) is 0.233. The Balaban J connectivity index is 2.69. The van der Waals surface area contributed by atoms with Crippen molar-refractivity contribution in [3.8, 4) is 5.69 Å². The molecule has 0 bridgehead atoms. The molecule has 0 radical (unpaired) electrons. The number of aromatic nitrogens is 3. The second-order valence-electron chi connectivity index (χ2n) is 5.32. The molecule has 0 saturated heterocycles. The van der Waals surface area contributed by atoms with Crippen molar-refractivity contribution in [3.63, 3.8) is 0 Å². The molecule has 1 heterocycles. The van der Waals surface area contributed by atoms with E-state index >= 15 is 0 Å². The highest BCUT2D eigenvalue weighted by molar-refractivity contribution is 9.10. The number of carbonyl (C=O) groups is 1. The fraction of sp³-hybridized carbons (Fsp3) is 0.308. The van der Waals surface area contributed by atoms with E-state index in [1.165, 1.54) is 4.68 Å². The van der Waals surface area contributed by atoms with E-state index in [4.69, 9.17) is 16.7 Å². The summed E-state index contributed by atoms with van der Waals surface area (Å²) in [6.07, 6.45) is 0. The van der Waals surface area contributed by atoms with Crippen molar-refractivity contribution in [3.05, 3.63) is 39.3 Å². The molecule has 7 heteroatoms. The predicted octanol–water partition coefficient (Wildman–Crippen LogP) is 3.68. The minimum absolute atomic E-state index is 0.242. The highest BCUT2D eigenvalue weighted by Crippen LogP contribution is 2.29. The van der Waals surface area contributed by atoms with E-state index in [9.17, 15) is 4.79 Å². The SMILES string of the molecule is CC(C)(C)c1nc(C(=O)O)nn1-c1ccc(Br)cc1Cl. The zero-order valence-electron chi connectivity index (χ0n) is 11.2. The van der Waals surface area contributed by atoms with Crippen molar-refractivity contribution in [1.82, 2.24) is 14.8 Å². The van der Waals surface area contributed by atoms with Gasteiger partial charge in [-0.3, -0.25) is 0 Å². The lowest BCUT2D eigenvalue weighted by Crippen LogP contribution is -2.19. The summed E-state index contributed by atoms with van der Waals surface area (Å²) in [5, 5.41) is 13.6. The van der Waals surface area contributed by atoms with Gasteiger partial charge in [-0.1, -0.05) is 48.3 Å². The predicted molar refractivity (Wildman–Crippen MR) is 79.7 cm³/mol. The van der Waals surface area contributed by atoms with Gasteiger partial charge in [-0.2, -0.15) is 0 Å². The smallest absolute Gasteiger partial charge is 0.375 e. The second-order valence-corrected chi connectivity index (χ2v) is 6.64. The number of rotatable bonds is 2. The molecular formula is C13H13BrClN3O2. The number of hydrogen-bond acceptors (Lipinski definition) is 3. The van der Waals surface area contributed by atoms with Crippen LogP contribution in [0.15, 0.2) is 22.7 Å². The van der Waals surface area contributed by atoms with E-state index in [0.29, 0.717) is 16.5 Å². The molecule has 0 spiro atoms. The van der Waals surface area contributed by atoms with Gasteiger partial charge in [0.2, 0.25) is 0 Å². The summed E-state index contributed by atoms with van der Waals surface area (Å²) in [6.45, 7) is 5.81. The van der Waals surface area contributed by atoms with E-state index < -0.39 is 5.97 Å². The molecule has 0 unspecified atom stereocenters. The molecule has 0 aliphatic heterocycles. The first-order valence-corrected chi connectivity index (χ1v) is 7.03. The first-order chi connectivity index (χ1) is 9.20. The fourth-order valence-electron chi connectivity index (χ4n) is 1.71. The lowest BCUT2D eigenvalue weighted by molar-refractivity contribution is 0.0683. The van der Waals surface area contributed by atoms with Crippen molar-refractivity contribution >= 4 is 33.5 Å². The second kappa shape index (κ2) is 5.18. The molecule has 2 rings (SSSR count). The summed E-state index contributed by atoms with van der Waals surface area (Å²) in [6, 6.07) is 5.31. The van der Waals surface area contributed by atoms with Crippen LogP contribution in [0.5, 0.6) is 0 Å². The summed E-state index contributed by atoms with van der Waals surface area (Å²) in [4.78, 5) is 15.2. The summed E-state index contributed by atoms with van der Waals surface area (Å²) in [5.74, 6) is -0.865. The Morgan fingerprint density at radius 2 is 2.05 bits per heavy atom. The van der Waals surface area contributed by atoms with Crippen LogP contribution in [0.2, 0.25) is 5.02 Å². The number of nitrogens with zero attached hydrogens (tertiary/aromatic N) is 3. The molecule has 5 nitrogen and oxygen atoms in total. The molecule has 106 valence electrons. The molecule has 0 aliphatic rings. The Bertz CT molecular complexity index is 677. The van der Waals surface area contributed by atoms with E-state index in [0.717, 1.165) is 4.47 Å². The third-order valence-electron chi connectivity index (χ3n) is 2.61. The van der Waals surface area contributed by atoms with Crippen molar-refractivity contribution in [1.29, 1.82) is 0 Å². The molecule has 0 fully saturated rings. The zero-order valence-corrected chi connectivity index (χ0v) is 13.5. The highest BCUT2D eigenvalue weighted by atomic mass is 79.9. The maximum Gasteiger partial charge on any atom is 0.375 e. The zero-order chi connectivity index (χ0) is 15.1. The van der Waals surface area contributed by atoms with E-state index in [2.05, 4.69) is 26.0 Å².